The van der Waals surface area contributed by atoms with Crippen LogP contribution in [0.15, 0.2) is 30.6 Å². The molecule has 96 valence electrons. The maximum atomic E-state index is 5.23. The summed E-state index contributed by atoms with van der Waals surface area (Å²) in [7, 11) is 1.68. The predicted octanol–water partition coefficient (Wildman–Crippen LogP) is 2.58. The van der Waals surface area contributed by atoms with Gasteiger partial charge in [0.2, 0.25) is 0 Å². The minimum absolute atomic E-state index is 0.260. The Labute approximate surface area is 107 Å². The summed E-state index contributed by atoms with van der Waals surface area (Å²) < 4.78 is 5.23. The van der Waals surface area contributed by atoms with Crippen LogP contribution in [0.4, 0.5) is 0 Å². The molecule has 0 bridgehead atoms. The van der Waals surface area contributed by atoms with Crippen molar-refractivity contribution < 1.29 is 4.74 Å². The molecule has 2 rings (SSSR count). The van der Waals surface area contributed by atoms with Crippen LogP contribution in [0.3, 0.4) is 0 Å². The smallest absolute Gasteiger partial charge is 0.119 e. The van der Waals surface area contributed by atoms with Crippen LogP contribution in [0.25, 0.3) is 0 Å². The number of ether oxygens (including phenoxy) is 1. The number of methoxy groups -OCH3 is 1. The first-order chi connectivity index (χ1) is 8.70. The van der Waals surface area contributed by atoms with Gasteiger partial charge in [0.25, 0.3) is 0 Å². The summed E-state index contributed by atoms with van der Waals surface area (Å²) in [5, 5.41) is 3.46. The minimum Gasteiger partial charge on any atom is -0.497 e. The average Bonchev–Trinajstić information content (AvgIpc) is 2.81. The van der Waals surface area contributed by atoms with Crippen LogP contribution in [0, 0.1) is 6.92 Å². The summed E-state index contributed by atoms with van der Waals surface area (Å²) >= 11 is 0. The van der Waals surface area contributed by atoms with Gasteiger partial charge in [-0.3, -0.25) is 0 Å². The Hall–Kier alpha value is -1.81. The molecule has 0 aliphatic rings. The molecule has 4 heteroatoms. The van der Waals surface area contributed by atoms with E-state index in [0.29, 0.717) is 0 Å². The monoisotopic (exact) mass is 245 g/mol. The Bertz CT molecular complexity index is 507. The van der Waals surface area contributed by atoms with E-state index < -0.39 is 0 Å². The zero-order chi connectivity index (χ0) is 13.0. The van der Waals surface area contributed by atoms with E-state index in [1.807, 2.05) is 19.1 Å². The molecule has 0 aliphatic carbocycles. The molecule has 0 unspecified atom stereocenters. The van der Waals surface area contributed by atoms with Crippen molar-refractivity contribution in [3.05, 3.63) is 47.5 Å². The van der Waals surface area contributed by atoms with E-state index in [-0.39, 0.29) is 6.04 Å². The number of nitrogens with one attached hydrogen (secondary N) is 2. The number of benzene rings is 1. The van der Waals surface area contributed by atoms with Gasteiger partial charge in [-0.15, -0.1) is 0 Å². The maximum absolute atomic E-state index is 5.23. The van der Waals surface area contributed by atoms with Crippen LogP contribution >= 0.6 is 0 Å². The number of imidazole rings is 1. The molecule has 2 N–H and O–H groups in total. The van der Waals surface area contributed by atoms with Gasteiger partial charge in [-0.25, -0.2) is 4.98 Å². The molecule has 0 fully saturated rings. The molecule has 0 saturated carbocycles. The standard InChI is InChI=1S/C14H19N3O/c1-10(12-5-4-6-13(7-12)18-3)15-8-14-11(2)16-9-17-14/h4-7,9-10,15H,8H2,1-3H3,(H,16,17)/t10-/m0/s1. The lowest BCUT2D eigenvalue weighted by Gasteiger charge is -2.14. The Kier molecular flexibility index (Phi) is 3.99. The zero-order valence-electron chi connectivity index (χ0n) is 11.0. The van der Waals surface area contributed by atoms with Gasteiger partial charge in [0.15, 0.2) is 0 Å². The molecule has 0 amide bonds. The fourth-order valence-corrected chi connectivity index (χ4v) is 1.84. The third kappa shape index (κ3) is 2.90. The Morgan fingerprint density at radius 1 is 1.44 bits per heavy atom. The van der Waals surface area contributed by atoms with Crippen molar-refractivity contribution >= 4 is 0 Å². The quantitative estimate of drug-likeness (QED) is 0.851. The van der Waals surface area contributed by atoms with E-state index in [9.17, 15) is 0 Å². The predicted molar refractivity (Wildman–Crippen MR) is 71.6 cm³/mol. The molecule has 0 saturated heterocycles. The van der Waals surface area contributed by atoms with Gasteiger partial charge < -0.3 is 15.0 Å². The van der Waals surface area contributed by atoms with Crippen molar-refractivity contribution in [2.24, 2.45) is 0 Å². The lowest BCUT2D eigenvalue weighted by Crippen LogP contribution is -2.18. The number of H-pyrrole nitrogens is 1. The Morgan fingerprint density at radius 3 is 2.94 bits per heavy atom. The second kappa shape index (κ2) is 5.69. The van der Waals surface area contributed by atoms with Gasteiger partial charge in [-0.1, -0.05) is 12.1 Å². The topological polar surface area (TPSA) is 49.9 Å². The van der Waals surface area contributed by atoms with Gasteiger partial charge in [-0.2, -0.15) is 0 Å². The number of aromatic nitrogens is 2. The van der Waals surface area contributed by atoms with Gasteiger partial charge in [-0.05, 0) is 31.5 Å². The molecule has 0 aliphatic heterocycles. The molecular weight excluding hydrogens is 226 g/mol. The zero-order valence-corrected chi connectivity index (χ0v) is 11.0. The molecular formula is C14H19N3O. The molecule has 0 radical (unpaired) electrons. The van der Waals surface area contributed by atoms with E-state index in [0.717, 1.165) is 23.7 Å². The number of nitrogens with zero attached hydrogens (tertiary/aromatic N) is 1. The molecule has 1 atom stereocenters. The summed E-state index contributed by atoms with van der Waals surface area (Å²) in [6.07, 6.45) is 1.72. The number of hydrogen-bond acceptors (Lipinski definition) is 3. The van der Waals surface area contributed by atoms with Crippen LogP contribution in [-0.4, -0.2) is 17.1 Å². The van der Waals surface area contributed by atoms with Gasteiger partial charge in [0.05, 0.1) is 19.1 Å². The number of hydrogen-bond donors (Lipinski definition) is 2. The SMILES string of the molecule is COc1cccc([C@H](C)NCc2nc[nH]c2C)c1. The van der Waals surface area contributed by atoms with Gasteiger partial charge >= 0.3 is 0 Å². The van der Waals surface area contributed by atoms with Crippen LogP contribution in [0.5, 0.6) is 5.75 Å². The van der Waals surface area contributed by atoms with Gasteiger partial charge in [0.1, 0.15) is 5.75 Å². The number of aryl methyl sites for hydroxylation is 1. The van der Waals surface area contributed by atoms with Crippen molar-refractivity contribution in [3.8, 4) is 5.75 Å². The van der Waals surface area contributed by atoms with Gasteiger partial charge in [0, 0.05) is 18.3 Å². The second-order valence-electron chi connectivity index (χ2n) is 4.35. The second-order valence-corrected chi connectivity index (χ2v) is 4.35. The van der Waals surface area contributed by atoms with Crippen molar-refractivity contribution in [2.75, 3.05) is 7.11 Å². The van der Waals surface area contributed by atoms with E-state index >= 15 is 0 Å². The normalized spacial score (nSPS) is 12.4. The first-order valence-electron chi connectivity index (χ1n) is 6.07. The molecule has 1 aromatic heterocycles. The minimum atomic E-state index is 0.260. The highest BCUT2D eigenvalue weighted by molar-refractivity contribution is 5.30. The van der Waals surface area contributed by atoms with Crippen molar-refractivity contribution in [1.29, 1.82) is 0 Å². The van der Waals surface area contributed by atoms with E-state index in [2.05, 4.69) is 34.3 Å². The highest BCUT2D eigenvalue weighted by Gasteiger charge is 2.07. The summed E-state index contributed by atoms with van der Waals surface area (Å²) in [6.45, 7) is 4.92. The van der Waals surface area contributed by atoms with E-state index in [1.54, 1.807) is 13.4 Å². The highest BCUT2D eigenvalue weighted by atomic mass is 16.5. The molecule has 4 nitrogen and oxygen atoms in total. The average molecular weight is 245 g/mol. The van der Waals surface area contributed by atoms with E-state index in [1.165, 1.54) is 5.56 Å². The first kappa shape index (κ1) is 12.6. The lowest BCUT2D eigenvalue weighted by molar-refractivity contribution is 0.413. The summed E-state index contributed by atoms with van der Waals surface area (Å²) in [5.74, 6) is 0.886. The number of rotatable bonds is 5. The largest absolute Gasteiger partial charge is 0.497 e. The molecule has 1 aromatic carbocycles. The van der Waals surface area contributed by atoms with E-state index in [4.69, 9.17) is 4.74 Å². The summed E-state index contributed by atoms with van der Waals surface area (Å²) in [5.41, 5.74) is 3.38. The fraction of sp³-hybridized carbons (Fsp3) is 0.357. The molecule has 2 aromatic rings. The van der Waals surface area contributed by atoms with Crippen molar-refractivity contribution in [1.82, 2.24) is 15.3 Å². The van der Waals surface area contributed by atoms with Crippen LogP contribution < -0.4 is 10.1 Å². The highest BCUT2D eigenvalue weighted by Crippen LogP contribution is 2.19. The molecule has 18 heavy (non-hydrogen) atoms. The van der Waals surface area contributed by atoms with Crippen LogP contribution in [0.1, 0.15) is 29.9 Å². The summed E-state index contributed by atoms with van der Waals surface area (Å²) in [4.78, 5) is 7.35. The molecule has 1 heterocycles. The Balaban J connectivity index is 1.99. The third-order valence-corrected chi connectivity index (χ3v) is 3.10. The first-order valence-corrected chi connectivity index (χ1v) is 6.07. The Morgan fingerprint density at radius 2 is 2.28 bits per heavy atom. The van der Waals surface area contributed by atoms with Crippen molar-refractivity contribution in [3.63, 3.8) is 0 Å². The number of aromatic amines is 1. The summed E-state index contributed by atoms with van der Waals surface area (Å²) in [6, 6.07) is 8.36. The fourth-order valence-electron chi connectivity index (χ4n) is 1.84. The lowest BCUT2D eigenvalue weighted by atomic mass is 10.1. The molecule has 0 spiro atoms. The van der Waals surface area contributed by atoms with Crippen LogP contribution in [0.2, 0.25) is 0 Å². The third-order valence-electron chi connectivity index (χ3n) is 3.10. The maximum Gasteiger partial charge on any atom is 0.119 e. The van der Waals surface area contributed by atoms with Crippen LogP contribution in [-0.2, 0) is 6.54 Å². The van der Waals surface area contributed by atoms with Crippen molar-refractivity contribution in [2.45, 2.75) is 26.4 Å².